The highest BCUT2D eigenvalue weighted by Gasteiger charge is 2.41. The number of nitrogens with zero attached hydrogens (tertiary/aromatic N) is 9. The number of piperazine rings is 1. The molecular weight excluding hydrogens is 441 g/mol. The van der Waals surface area contributed by atoms with E-state index < -0.39 is 18.8 Å². The van der Waals surface area contributed by atoms with Crippen molar-refractivity contribution in [3.05, 3.63) is 19.0 Å². The summed E-state index contributed by atoms with van der Waals surface area (Å²) in [5.41, 5.74) is 0.985. The maximum Gasteiger partial charge on any atom is 0.412 e. The van der Waals surface area contributed by atoms with Crippen molar-refractivity contribution in [2.75, 3.05) is 56.1 Å². The molecule has 1 atom stereocenters. The fourth-order valence-electron chi connectivity index (χ4n) is 3.83. The summed E-state index contributed by atoms with van der Waals surface area (Å²) in [4.78, 5) is 21.5. The lowest BCUT2D eigenvalue weighted by Crippen LogP contribution is -2.47. The number of halogens is 3. The molecule has 0 spiro atoms. The molecule has 0 saturated carbocycles. The van der Waals surface area contributed by atoms with Gasteiger partial charge in [0.05, 0.1) is 6.33 Å². The van der Waals surface area contributed by atoms with Gasteiger partial charge >= 0.3 is 6.18 Å². The molecule has 3 aromatic heterocycles. The number of alkyl halides is 3. The van der Waals surface area contributed by atoms with Gasteiger partial charge in [-0.15, -0.1) is 0 Å². The normalized spacial score (nSPS) is 16.5. The van der Waals surface area contributed by atoms with Crippen molar-refractivity contribution in [2.45, 2.75) is 32.1 Å². The first-order chi connectivity index (χ1) is 15.9. The quantitative estimate of drug-likeness (QED) is 0.478. The third kappa shape index (κ3) is 5.16. The van der Waals surface area contributed by atoms with Gasteiger partial charge in [0.1, 0.15) is 12.7 Å². The molecular formula is C19H27F3N10O. The molecule has 14 heteroatoms. The van der Waals surface area contributed by atoms with Gasteiger partial charge in [-0.3, -0.25) is 4.90 Å². The van der Waals surface area contributed by atoms with Gasteiger partial charge in [-0.25, -0.2) is 14.6 Å². The van der Waals surface area contributed by atoms with Crippen LogP contribution in [0.4, 0.5) is 24.9 Å². The number of aliphatic hydroxyl groups is 1. The zero-order valence-electron chi connectivity index (χ0n) is 18.3. The Morgan fingerprint density at radius 3 is 2.58 bits per heavy atom. The van der Waals surface area contributed by atoms with E-state index in [1.165, 1.54) is 0 Å². The van der Waals surface area contributed by atoms with Crippen LogP contribution in [0.1, 0.15) is 19.4 Å². The summed E-state index contributed by atoms with van der Waals surface area (Å²) in [6.07, 6.45) is -0.0761. The SMILES string of the molecule is CCn1cnc2c(NCC(n3cncn3)C(F)(F)F)nc(N3CCN(CCCO)CC3)nc21. The van der Waals surface area contributed by atoms with Crippen LogP contribution in [0.3, 0.4) is 0 Å². The molecule has 1 saturated heterocycles. The van der Waals surface area contributed by atoms with Gasteiger partial charge in [-0.2, -0.15) is 28.2 Å². The number of anilines is 2. The van der Waals surface area contributed by atoms with Gasteiger partial charge in [0.25, 0.3) is 0 Å². The molecule has 0 radical (unpaired) electrons. The summed E-state index contributed by atoms with van der Waals surface area (Å²) in [5.74, 6) is 0.700. The van der Waals surface area contributed by atoms with Gasteiger partial charge in [-0.1, -0.05) is 0 Å². The minimum atomic E-state index is -4.52. The molecule has 0 aromatic carbocycles. The minimum Gasteiger partial charge on any atom is -0.396 e. The van der Waals surface area contributed by atoms with Crippen LogP contribution in [-0.2, 0) is 6.54 Å². The number of nitrogens with one attached hydrogen (secondary N) is 1. The number of aryl methyl sites for hydroxylation is 1. The number of rotatable bonds is 9. The first-order valence-electron chi connectivity index (χ1n) is 10.9. The van der Waals surface area contributed by atoms with Crippen LogP contribution < -0.4 is 10.2 Å². The van der Waals surface area contributed by atoms with E-state index >= 15 is 0 Å². The Hall–Kier alpha value is -3.00. The molecule has 33 heavy (non-hydrogen) atoms. The van der Waals surface area contributed by atoms with Crippen LogP contribution in [0.2, 0.25) is 0 Å². The van der Waals surface area contributed by atoms with Crippen LogP contribution in [0.5, 0.6) is 0 Å². The van der Waals surface area contributed by atoms with Crippen molar-refractivity contribution in [3.63, 3.8) is 0 Å². The molecule has 180 valence electrons. The molecule has 4 heterocycles. The molecule has 4 rings (SSSR count). The van der Waals surface area contributed by atoms with E-state index in [1.807, 2.05) is 16.4 Å². The number of imidazole rings is 1. The summed E-state index contributed by atoms with van der Waals surface area (Å²) in [5, 5.41) is 15.5. The fourth-order valence-corrected chi connectivity index (χ4v) is 3.83. The van der Waals surface area contributed by atoms with E-state index in [2.05, 4.69) is 35.3 Å². The Kier molecular flexibility index (Phi) is 6.93. The maximum absolute atomic E-state index is 13.6. The van der Waals surface area contributed by atoms with Crippen molar-refractivity contribution in [2.24, 2.45) is 0 Å². The number of aromatic nitrogens is 7. The fraction of sp³-hybridized carbons (Fsp3) is 0.632. The molecule has 0 amide bonds. The van der Waals surface area contributed by atoms with Crippen molar-refractivity contribution < 1.29 is 18.3 Å². The van der Waals surface area contributed by atoms with Crippen LogP contribution in [0.15, 0.2) is 19.0 Å². The monoisotopic (exact) mass is 468 g/mol. The first-order valence-corrected chi connectivity index (χ1v) is 10.9. The number of aliphatic hydroxyl groups excluding tert-OH is 1. The summed E-state index contributed by atoms with van der Waals surface area (Å²) >= 11 is 0. The second kappa shape index (κ2) is 9.87. The van der Waals surface area contributed by atoms with Gasteiger partial charge in [-0.05, 0) is 13.3 Å². The molecule has 1 unspecified atom stereocenters. The second-order valence-corrected chi connectivity index (χ2v) is 7.79. The Morgan fingerprint density at radius 1 is 1.15 bits per heavy atom. The third-order valence-corrected chi connectivity index (χ3v) is 5.68. The largest absolute Gasteiger partial charge is 0.412 e. The smallest absolute Gasteiger partial charge is 0.396 e. The second-order valence-electron chi connectivity index (χ2n) is 7.79. The number of fused-ring (bicyclic) bond motifs is 1. The minimum absolute atomic E-state index is 0.156. The van der Waals surface area contributed by atoms with Gasteiger partial charge in [0.15, 0.2) is 23.0 Å². The lowest BCUT2D eigenvalue weighted by atomic mass is 10.3. The number of hydrogen-bond donors (Lipinski definition) is 2. The Balaban J connectivity index is 1.58. The zero-order chi connectivity index (χ0) is 23.4. The highest BCUT2D eigenvalue weighted by molar-refractivity contribution is 5.84. The molecule has 2 N–H and O–H groups in total. The van der Waals surface area contributed by atoms with Gasteiger partial charge in [0, 0.05) is 52.4 Å². The average molecular weight is 468 g/mol. The predicted octanol–water partition coefficient (Wildman–Crippen LogP) is 1.16. The Bertz CT molecular complexity index is 1030. The summed E-state index contributed by atoms with van der Waals surface area (Å²) in [7, 11) is 0. The van der Waals surface area contributed by atoms with Gasteiger partial charge < -0.3 is 19.9 Å². The summed E-state index contributed by atoms with van der Waals surface area (Å²) in [6, 6.07) is -1.91. The van der Waals surface area contributed by atoms with Crippen molar-refractivity contribution in [1.82, 2.24) is 39.2 Å². The third-order valence-electron chi connectivity index (χ3n) is 5.68. The average Bonchev–Trinajstić information content (AvgIpc) is 3.47. The van der Waals surface area contributed by atoms with Crippen molar-refractivity contribution >= 4 is 22.9 Å². The Morgan fingerprint density at radius 2 is 1.94 bits per heavy atom. The van der Waals surface area contributed by atoms with Crippen LogP contribution in [-0.4, -0.2) is 96.3 Å². The summed E-state index contributed by atoms with van der Waals surface area (Å²) in [6.45, 7) is 6.00. The molecule has 0 bridgehead atoms. The van der Waals surface area contributed by atoms with E-state index in [9.17, 15) is 13.2 Å². The van der Waals surface area contributed by atoms with Crippen molar-refractivity contribution in [1.29, 1.82) is 0 Å². The van der Waals surface area contributed by atoms with E-state index in [1.54, 1.807) is 6.33 Å². The van der Waals surface area contributed by atoms with E-state index in [0.29, 0.717) is 36.7 Å². The highest BCUT2D eigenvalue weighted by Crippen LogP contribution is 2.31. The lowest BCUT2D eigenvalue weighted by molar-refractivity contribution is -0.166. The number of hydrogen-bond acceptors (Lipinski definition) is 9. The highest BCUT2D eigenvalue weighted by atomic mass is 19.4. The Labute approximate surface area is 188 Å². The molecule has 11 nitrogen and oxygen atoms in total. The van der Waals surface area contributed by atoms with E-state index in [-0.39, 0.29) is 12.4 Å². The zero-order valence-corrected chi connectivity index (χ0v) is 18.3. The van der Waals surface area contributed by atoms with Crippen LogP contribution >= 0.6 is 0 Å². The molecule has 0 aliphatic carbocycles. The van der Waals surface area contributed by atoms with Gasteiger partial charge in [0.2, 0.25) is 5.95 Å². The molecule has 1 aliphatic rings. The van der Waals surface area contributed by atoms with Crippen LogP contribution in [0.25, 0.3) is 11.2 Å². The topological polar surface area (TPSA) is 113 Å². The maximum atomic E-state index is 13.6. The predicted molar refractivity (Wildman–Crippen MR) is 115 cm³/mol. The summed E-state index contributed by atoms with van der Waals surface area (Å²) < 4.78 is 43.5. The van der Waals surface area contributed by atoms with E-state index in [4.69, 9.17) is 5.11 Å². The lowest BCUT2D eigenvalue weighted by Gasteiger charge is -2.34. The molecule has 1 fully saturated rings. The molecule has 1 aliphatic heterocycles. The van der Waals surface area contributed by atoms with Crippen molar-refractivity contribution in [3.8, 4) is 0 Å². The standard InChI is InChI=1S/C19H27F3N10O/c1-2-30-13-25-15-16(24-10-14(19(20,21)22)32-12-23-11-26-32)27-18(28-17(15)30)31-7-5-29(6-8-31)4-3-9-33/h11-14,33H,2-10H2,1H3,(H,24,27,28). The first kappa shape index (κ1) is 23.2. The van der Waals surface area contributed by atoms with Crippen LogP contribution in [0, 0.1) is 0 Å². The molecule has 3 aromatic rings. The van der Waals surface area contributed by atoms with E-state index in [0.717, 1.165) is 43.4 Å².